The predicted molar refractivity (Wildman–Crippen MR) is 138 cm³/mol. The average Bonchev–Trinajstić information content (AvgIpc) is 2.86. The molecular formula is C27H29N3O8. The van der Waals surface area contributed by atoms with E-state index in [1.54, 1.807) is 26.8 Å². The number of para-hydroxylation sites is 1. The highest BCUT2D eigenvalue weighted by Gasteiger charge is 2.42. The Morgan fingerprint density at radius 3 is 2.32 bits per heavy atom. The van der Waals surface area contributed by atoms with Gasteiger partial charge in [-0.1, -0.05) is 19.1 Å². The maximum absolute atomic E-state index is 13.5. The van der Waals surface area contributed by atoms with E-state index in [2.05, 4.69) is 4.99 Å². The second-order valence-corrected chi connectivity index (χ2v) is 8.73. The van der Waals surface area contributed by atoms with Crippen molar-refractivity contribution in [2.75, 3.05) is 6.61 Å². The highest BCUT2D eigenvalue weighted by molar-refractivity contribution is 6.02. The predicted octanol–water partition coefficient (Wildman–Crippen LogP) is 5.36. The van der Waals surface area contributed by atoms with Gasteiger partial charge in [0, 0.05) is 6.07 Å². The number of carbonyl (C=O) groups excluding carboxylic acids is 3. The van der Waals surface area contributed by atoms with Crippen molar-refractivity contribution in [2.45, 2.75) is 53.2 Å². The molecule has 1 aliphatic rings. The molecule has 0 fully saturated rings. The molecule has 0 spiro atoms. The molecule has 3 rings (SSSR count). The van der Waals surface area contributed by atoms with E-state index in [1.807, 2.05) is 6.92 Å². The molecule has 1 unspecified atom stereocenters. The van der Waals surface area contributed by atoms with Gasteiger partial charge in [-0.05, 0) is 64.4 Å². The average molecular weight is 524 g/mol. The molecule has 0 saturated carbocycles. The maximum Gasteiger partial charge on any atom is 0.421 e. The van der Waals surface area contributed by atoms with Crippen LogP contribution in [0.1, 0.15) is 63.0 Å². The van der Waals surface area contributed by atoms with Crippen molar-refractivity contribution >= 4 is 29.6 Å². The van der Waals surface area contributed by atoms with E-state index in [0.29, 0.717) is 6.42 Å². The molecule has 0 N–H and O–H groups in total. The van der Waals surface area contributed by atoms with Gasteiger partial charge in [0.25, 0.3) is 5.69 Å². The third-order valence-corrected chi connectivity index (χ3v) is 5.52. The lowest BCUT2D eigenvalue weighted by molar-refractivity contribution is -0.385. The summed E-state index contributed by atoms with van der Waals surface area (Å²) in [6, 6.07) is 10.3. The molecule has 0 radical (unpaired) electrons. The van der Waals surface area contributed by atoms with Gasteiger partial charge < -0.3 is 14.2 Å². The van der Waals surface area contributed by atoms with Crippen LogP contribution in [0.15, 0.2) is 64.8 Å². The number of ether oxygens (including phenoxy) is 3. The van der Waals surface area contributed by atoms with Crippen LogP contribution in [-0.2, 0) is 14.3 Å². The van der Waals surface area contributed by atoms with Crippen LogP contribution in [0, 0.1) is 10.1 Å². The number of amides is 1. The summed E-state index contributed by atoms with van der Waals surface area (Å²) in [6.45, 7) is 8.59. The summed E-state index contributed by atoms with van der Waals surface area (Å²) in [7, 11) is 0. The molecule has 1 heterocycles. The van der Waals surface area contributed by atoms with Crippen LogP contribution in [0.3, 0.4) is 0 Å². The minimum absolute atomic E-state index is 0.0235. The van der Waals surface area contributed by atoms with E-state index in [0.717, 1.165) is 4.90 Å². The lowest BCUT2D eigenvalue weighted by Gasteiger charge is -2.35. The summed E-state index contributed by atoms with van der Waals surface area (Å²) in [5.74, 6) is -0.996. The van der Waals surface area contributed by atoms with Crippen LogP contribution in [-0.4, -0.2) is 46.4 Å². The highest BCUT2D eigenvalue weighted by Crippen LogP contribution is 2.40. The van der Waals surface area contributed by atoms with Gasteiger partial charge in [-0.3, -0.25) is 15.0 Å². The van der Waals surface area contributed by atoms with E-state index in [9.17, 15) is 24.5 Å². The van der Waals surface area contributed by atoms with Crippen molar-refractivity contribution in [3.63, 3.8) is 0 Å². The lowest BCUT2D eigenvalue weighted by Crippen LogP contribution is -2.45. The number of esters is 2. The Labute approximate surface area is 219 Å². The van der Waals surface area contributed by atoms with E-state index in [1.165, 1.54) is 49.4 Å². The van der Waals surface area contributed by atoms with E-state index >= 15 is 0 Å². The second kappa shape index (κ2) is 12.1. The van der Waals surface area contributed by atoms with Crippen LogP contribution in [0.2, 0.25) is 0 Å². The summed E-state index contributed by atoms with van der Waals surface area (Å²) < 4.78 is 16.0. The first-order chi connectivity index (χ1) is 18.0. The summed E-state index contributed by atoms with van der Waals surface area (Å²) >= 11 is 0. The summed E-state index contributed by atoms with van der Waals surface area (Å²) in [4.78, 5) is 55.4. The molecular weight excluding hydrogens is 494 g/mol. The topological polar surface area (TPSA) is 138 Å². The molecule has 11 nitrogen and oxygen atoms in total. The molecule has 38 heavy (non-hydrogen) atoms. The number of nitro benzene ring substituents is 1. The van der Waals surface area contributed by atoms with Crippen molar-refractivity contribution in [2.24, 2.45) is 4.99 Å². The third kappa shape index (κ3) is 6.23. The molecule has 2 aromatic rings. The van der Waals surface area contributed by atoms with Gasteiger partial charge in [0.2, 0.25) is 0 Å². The van der Waals surface area contributed by atoms with Crippen molar-refractivity contribution in [3.8, 4) is 5.75 Å². The largest absolute Gasteiger partial charge is 0.462 e. The monoisotopic (exact) mass is 523 g/mol. The maximum atomic E-state index is 13.5. The van der Waals surface area contributed by atoms with Gasteiger partial charge >= 0.3 is 18.0 Å². The number of amidine groups is 1. The van der Waals surface area contributed by atoms with Gasteiger partial charge in [0.15, 0.2) is 0 Å². The summed E-state index contributed by atoms with van der Waals surface area (Å²) in [5.41, 5.74) is 0.319. The minimum atomic E-state index is -1.24. The lowest BCUT2D eigenvalue weighted by atomic mass is 9.92. The first-order valence-electron chi connectivity index (χ1n) is 12.0. The molecule has 0 saturated heterocycles. The molecule has 1 aliphatic heterocycles. The van der Waals surface area contributed by atoms with E-state index in [4.69, 9.17) is 14.2 Å². The number of rotatable bonds is 8. The van der Waals surface area contributed by atoms with Crippen LogP contribution in [0.4, 0.5) is 10.5 Å². The first-order valence-corrected chi connectivity index (χ1v) is 12.0. The van der Waals surface area contributed by atoms with E-state index in [-0.39, 0.29) is 46.3 Å². The fourth-order valence-corrected chi connectivity index (χ4v) is 3.91. The number of hydrogen-bond acceptors (Lipinski definition) is 9. The molecule has 0 aliphatic carbocycles. The van der Waals surface area contributed by atoms with Crippen LogP contribution in [0.5, 0.6) is 5.75 Å². The zero-order valence-electron chi connectivity index (χ0n) is 21.8. The van der Waals surface area contributed by atoms with Crippen molar-refractivity contribution in [3.05, 3.63) is 81.0 Å². The highest BCUT2D eigenvalue weighted by atomic mass is 16.6. The molecule has 0 bridgehead atoms. The molecule has 2 aromatic carbocycles. The quantitative estimate of drug-likeness (QED) is 0.256. The smallest absolute Gasteiger partial charge is 0.421 e. The SMILES string of the molecule is CCCOC(=O)c1ccc(OC(=O)N2C(C)=NC(C)=C(C(=O)OC(C)C)C2c2ccccc2[N+](=O)[O-])cc1. The van der Waals surface area contributed by atoms with E-state index < -0.39 is 35.1 Å². The summed E-state index contributed by atoms with van der Waals surface area (Å²) in [6.07, 6.45) is -0.735. The number of benzene rings is 2. The number of carbonyl (C=O) groups is 3. The van der Waals surface area contributed by atoms with Crippen molar-refractivity contribution in [1.29, 1.82) is 0 Å². The third-order valence-electron chi connectivity index (χ3n) is 5.52. The van der Waals surface area contributed by atoms with Crippen molar-refractivity contribution < 1.29 is 33.5 Å². The van der Waals surface area contributed by atoms with Crippen LogP contribution in [0.25, 0.3) is 0 Å². The van der Waals surface area contributed by atoms with Gasteiger partial charge in [-0.2, -0.15) is 0 Å². The molecule has 200 valence electrons. The van der Waals surface area contributed by atoms with Crippen LogP contribution >= 0.6 is 0 Å². The van der Waals surface area contributed by atoms with Gasteiger partial charge in [0.05, 0.1) is 40.0 Å². The Bertz CT molecular complexity index is 1300. The molecule has 1 amide bonds. The number of hydrogen-bond donors (Lipinski definition) is 0. The zero-order valence-corrected chi connectivity index (χ0v) is 21.8. The molecule has 1 atom stereocenters. The van der Waals surface area contributed by atoms with Crippen LogP contribution < -0.4 is 4.74 Å². The first kappa shape index (κ1) is 28.0. The van der Waals surface area contributed by atoms with Gasteiger partial charge in [-0.15, -0.1) is 0 Å². The Morgan fingerprint density at radius 2 is 1.71 bits per heavy atom. The second-order valence-electron chi connectivity index (χ2n) is 8.73. The fraction of sp³-hybridized carbons (Fsp3) is 0.333. The minimum Gasteiger partial charge on any atom is -0.462 e. The number of aliphatic imine (C=N–C) groups is 1. The van der Waals surface area contributed by atoms with Gasteiger partial charge in [0.1, 0.15) is 17.6 Å². The van der Waals surface area contributed by atoms with Gasteiger partial charge in [-0.25, -0.2) is 19.4 Å². The molecule has 0 aromatic heterocycles. The molecule has 11 heteroatoms. The zero-order chi connectivity index (χ0) is 28.0. The number of nitro groups is 1. The Morgan fingerprint density at radius 1 is 1.05 bits per heavy atom. The van der Waals surface area contributed by atoms with Crippen molar-refractivity contribution in [1.82, 2.24) is 4.90 Å². The Hall–Kier alpha value is -4.54. The number of nitrogens with zero attached hydrogens (tertiary/aromatic N) is 3. The standard InChI is InChI=1S/C27H29N3O8/c1-6-15-36-25(31)19-11-13-20(14-12-19)38-27(33)29-18(5)28-17(4)23(26(32)37-16(2)3)24(29)21-9-7-8-10-22(21)30(34)35/h7-14,16,24H,6,15H2,1-5H3. The number of allylic oxidation sites excluding steroid dienone is 1. The normalized spacial score (nSPS) is 15.2. The Kier molecular flexibility index (Phi) is 8.95. The Balaban J connectivity index is 2.02. The fourth-order valence-electron chi connectivity index (χ4n) is 3.91. The summed E-state index contributed by atoms with van der Waals surface area (Å²) in [5, 5.41) is 11.9.